The summed E-state index contributed by atoms with van der Waals surface area (Å²) in [4.78, 5) is 11.8. The van der Waals surface area contributed by atoms with Crippen molar-refractivity contribution in [3.8, 4) is 0 Å². The fourth-order valence-corrected chi connectivity index (χ4v) is 2.42. The molecular weight excluding hydrogens is 242 g/mol. The molecule has 1 saturated carbocycles. The molecule has 1 aliphatic carbocycles. The Hall–Kier alpha value is -1.43. The van der Waals surface area contributed by atoms with Crippen molar-refractivity contribution < 1.29 is 18.3 Å². The Balaban J connectivity index is 2.68. The monoisotopic (exact) mass is 258 g/mol. The van der Waals surface area contributed by atoms with Crippen LogP contribution in [0.15, 0.2) is 0 Å². The van der Waals surface area contributed by atoms with Gasteiger partial charge in [-0.3, -0.25) is 0 Å². The molecule has 1 atom stereocenters. The lowest BCUT2D eigenvalue weighted by Crippen LogP contribution is -2.30. The average Bonchev–Trinajstić information content (AvgIpc) is 2.72. The summed E-state index contributed by atoms with van der Waals surface area (Å²) in [5, 5.41) is 0. The number of esters is 1. The Bertz CT molecular complexity index is 537. The fraction of sp³-hybridized carbons (Fsp3) is 0.583. The average molecular weight is 258 g/mol. The van der Waals surface area contributed by atoms with Gasteiger partial charge in [0, 0.05) is 30.4 Å². The van der Waals surface area contributed by atoms with Crippen molar-refractivity contribution >= 4 is 5.97 Å². The van der Waals surface area contributed by atoms with Crippen LogP contribution >= 0.6 is 0 Å². The van der Waals surface area contributed by atoms with E-state index in [-0.39, 0.29) is 11.1 Å². The predicted octanol–water partition coefficient (Wildman–Crippen LogP) is 1.62. The molecule has 0 aromatic carbocycles. The highest BCUT2D eigenvalue weighted by atomic mass is 19.3. The molecule has 100 valence electrons. The summed E-state index contributed by atoms with van der Waals surface area (Å²) < 4.78 is 33.2. The number of rotatable bonds is 2. The van der Waals surface area contributed by atoms with Crippen molar-refractivity contribution in [2.45, 2.75) is 31.7 Å². The van der Waals surface area contributed by atoms with Gasteiger partial charge in [0.25, 0.3) is 5.92 Å². The number of carbonyl (C=O) groups is 1. The molecule has 1 aromatic rings. The van der Waals surface area contributed by atoms with E-state index in [4.69, 9.17) is 5.73 Å². The van der Waals surface area contributed by atoms with Crippen LogP contribution in [-0.2, 0) is 17.3 Å². The van der Waals surface area contributed by atoms with Gasteiger partial charge in [0.15, 0.2) is 0 Å². The number of ether oxygens (including phenoxy) is 1. The van der Waals surface area contributed by atoms with Crippen molar-refractivity contribution in [3.05, 3.63) is 22.5 Å². The Labute approximate surface area is 104 Å². The number of nitrogens with two attached hydrogens (primary N) is 1. The molecule has 0 saturated heterocycles. The molecule has 0 spiro atoms. The molecule has 6 heteroatoms. The normalized spacial score (nSPS) is 25.1. The van der Waals surface area contributed by atoms with Crippen molar-refractivity contribution in [1.82, 2.24) is 4.57 Å². The minimum atomic E-state index is -2.96. The Morgan fingerprint density at radius 1 is 1.39 bits per heavy atom. The number of carbonyl (C=O) groups excluding carboxylic acids is 1. The predicted molar refractivity (Wildman–Crippen MR) is 61.7 cm³/mol. The topological polar surface area (TPSA) is 57.2 Å². The summed E-state index contributed by atoms with van der Waals surface area (Å²) in [6, 6.07) is 0. The van der Waals surface area contributed by atoms with Gasteiger partial charge in [-0.1, -0.05) is 0 Å². The molecule has 1 fully saturated rings. The molecule has 0 radical (unpaired) electrons. The van der Waals surface area contributed by atoms with Gasteiger partial charge in [0.1, 0.15) is 5.54 Å². The summed E-state index contributed by atoms with van der Waals surface area (Å²) in [5.74, 6) is -3.59. The number of aromatic nitrogens is 1. The second-order valence-corrected chi connectivity index (χ2v) is 4.82. The van der Waals surface area contributed by atoms with Gasteiger partial charge < -0.3 is 15.0 Å². The molecule has 1 unspecified atom stereocenters. The molecule has 0 bridgehead atoms. The van der Waals surface area contributed by atoms with Gasteiger partial charge in [-0.25, -0.2) is 13.6 Å². The van der Waals surface area contributed by atoms with Gasteiger partial charge in [0.2, 0.25) is 0 Å². The highest BCUT2D eigenvalue weighted by Crippen LogP contribution is 2.59. The van der Waals surface area contributed by atoms with Crippen LogP contribution in [0.3, 0.4) is 0 Å². The number of hydrogen-bond donors (Lipinski definition) is 1. The van der Waals surface area contributed by atoms with E-state index in [1.165, 1.54) is 7.11 Å². The number of nitrogens with zero attached hydrogens (tertiary/aromatic N) is 1. The Kier molecular flexibility index (Phi) is 2.56. The summed E-state index contributed by atoms with van der Waals surface area (Å²) >= 11 is 0. The quantitative estimate of drug-likeness (QED) is 0.820. The molecule has 1 heterocycles. The summed E-state index contributed by atoms with van der Waals surface area (Å²) in [6.07, 6.45) is -0.436. The molecule has 1 aromatic heterocycles. The van der Waals surface area contributed by atoms with Crippen molar-refractivity contribution in [3.63, 3.8) is 0 Å². The second kappa shape index (κ2) is 3.54. The van der Waals surface area contributed by atoms with E-state index in [2.05, 4.69) is 4.74 Å². The molecule has 4 nitrogen and oxygen atoms in total. The zero-order valence-corrected chi connectivity index (χ0v) is 10.8. The lowest BCUT2D eigenvalue weighted by Gasteiger charge is -2.13. The van der Waals surface area contributed by atoms with Gasteiger partial charge >= 0.3 is 5.97 Å². The van der Waals surface area contributed by atoms with Crippen LogP contribution in [0.5, 0.6) is 0 Å². The van der Waals surface area contributed by atoms with Crippen molar-refractivity contribution in [1.29, 1.82) is 0 Å². The first-order valence-corrected chi connectivity index (χ1v) is 5.58. The maximum atomic E-state index is 13.4. The minimum Gasteiger partial charge on any atom is -0.465 e. The van der Waals surface area contributed by atoms with Gasteiger partial charge in [0.05, 0.1) is 12.7 Å². The molecule has 2 rings (SSSR count). The molecule has 0 amide bonds. The van der Waals surface area contributed by atoms with Crippen molar-refractivity contribution in [2.24, 2.45) is 12.8 Å². The Morgan fingerprint density at radius 3 is 2.28 bits per heavy atom. The zero-order chi connectivity index (χ0) is 13.9. The van der Waals surface area contributed by atoms with Gasteiger partial charge in [-0.2, -0.15) is 0 Å². The van der Waals surface area contributed by atoms with E-state index in [1.807, 2.05) is 0 Å². The molecular formula is C12H16F2N2O2. The van der Waals surface area contributed by atoms with E-state index < -0.39 is 23.9 Å². The van der Waals surface area contributed by atoms with E-state index >= 15 is 0 Å². The molecule has 2 N–H and O–H groups in total. The van der Waals surface area contributed by atoms with Gasteiger partial charge in [-0.15, -0.1) is 0 Å². The number of halogens is 2. The highest BCUT2D eigenvalue weighted by Gasteiger charge is 2.71. The van der Waals surface area contributed by atoms with E-state index in [0.29, 0.717) is 11.4 Å². The van der Waals surface area contributed by atoms with Crippen LogP contribution in [0.1, 0.15) is 33.7 Å². The smallest absolute Gasteiger partial charge is 0.340 e. The first kappa shape index (κ1) is 13.0. The van der Waals surface area contributed by atoms with Crippen LogP contribution < -0.4 is 5.73 Å². The van der Waals surface area contributed by atoms with Crippen LogP contribution in [0.2, 0.25) is 0 Å². The van der Waals surface area contributed by atoms with Crippen LogP contribution in [0, 0.1) is 13.8 Å². The first-order valence-electron chi connectivity index (χ1n) is 5.58. The zero-order valence-electron chi connectivity index (χ0n) is 10.8. The van der Waals surface area contributed by atoms with Gasteiger partial charge in [-0.05, 0) is 13.8 Å². The number of methoxy groups -OCH3 is 1. The van der Waals surface area contributed by atoms with Crippen LogP contribution in [0.4, 0.5) is 8.78 Å². The molecule has 1 aliphatic rings. The summed E-state index contributed by atoms with van der Waals surface area (Å²) in [6.45, 7) is 3.37. The lowest BCUT2D eigenvalue weighted by molar-refractivity contribution is 0.0594. The van der Waals surface area contributed by atoms with E-state index in [9.17, 15) is 13.6 Å². The minimum absolute atomic E-state index is 0.164. The van der Waals surface area contributed by atoms with E-state index in [1.54, 1.807) is 25.5 Å². The summed E-state index contributed by atoms with van der Waals surface area (Å²) in [7, 11) is 2.94. The SMILES string of the molecule is COC(=O)c1c(C2(N)CC2(F)F)c(C)n(C)c1C. The molecule has 0 aliphatic heterocycles. The summed E-state index contributed by atoms with van der Waals surface area (Å²) in [5.41, 5.74) is 5.54. The Morgan fingerprint density at radius 2 is 1.89 bits per heavy atom. The highest BCUT2D eigenvalue weighted by molar-refractivity contribution is 5.94. The second-order valence-electron chi connectivity index (χ2n) is 4.82. The molecule has 18 heavy (non-hydrogen) atoms. The lowest BCUT2D eigenvalue weighted by atomic mass is 9.99. The maximum Gasteiger partial charge on any atom is 0.340 e. The first-order chi connectivity index (χ1) is 8.17. The van der Waals surface area contributed by atoms with Crippen LogP contribution in [-0.4, -0.2) is 23.6 Å². The standard InChI is InChI=1S/C12H16F2N2O2/c1-6-8(10(17)18-4)9(7(2)16(6)3)11(15)5-12(11,13)14/h5,15H2,1-4H3. The third kappa shape index (κ3) is 1.41. The van der Waals surface area contributed by atoms with Crippen LogP contribution in [0.25, 0.3) is 0 Å². The number of alkyl halides is 2. The third-order valence-corrected chi connectivity index (χ3v) is 3.84. The third-order valence-electron chi connectivity index (χ3n) is 3.84. The van der Waals surface area contributed by atoms with E-state index in [0.717, 1.165) is 0 Å². The largest absolute Gasteiger partial charge is 0.465 e. The maximum absolute atomic E-state index is 13.4. The van der Waals surface area contributed by atoms with Crippen molar-refractivity contribution in [2.75, 3.05) is 7.11 Å². The fourth-order valence-electron chi connectivity index (χ4n) is 2.42. The number of hydrogen-bond acceptors (Lipinski definition) is 3.